The topological polar surface area (TPSA) is 139 Å². The lowest BCUT2D eigenvalue weighted by Crippen LogP contribution is -2.50. The molecule has 11 nitrogen and oxygen atoms in total. The Labute approximate surface area is 192 Å². The lowest BCUT2D eigenvalue weighted by atomic mass is 10.2. The Hall–Kier alpha value is -3.25. The molecule has 33 heavy (non-hydrogen) atoms. The van der Waals surface area contributed by atoms with Crippen LogP contribution in [0.15, 0.2) is 41.6 Å². The van der Waals surface area contributed by atoms with Crippen molar-refractivity contribution in [1.29, 1.82) is 0 Å². The Kier molecular flexibility index (Phi) is 6.75. The molecular weight excluding hydrogens is 448 g/mol. The minimum Gasteiger partial charge on any atom is -0.483 e. The number of anilines is 1. The molecule has 2 N–H and O–H groups in total. The van der Waals surface area contributed by atoms with Gasteiger partial charge in [0.15, 0.2) is 6.61 Å². The maximum Gasteiger partial charge on any atom is 0.260 e. The number of piperazine rings is 1. The molecule has 2 fully saturated rings. The molecular formula is C21H26N6O5S. The Balaban J connectivity index is 1.38. The number of nitrogens with zero attached hydrogens (tertiary/aromatic N) is 5. The predicted molar refractivity (Wildman–Crippen MR) is 119 cm³/mol. The number of carbonyl (C=O) groups is 2. The van der Waals surface area contributed by atoms with Gasteiger partial charge in [0, 0.05) is 51.7 Å². The van der Waals surface area contributed by atoms with E-state index in [1.54, 1.807) is 23.4 Å². The van der Waals surface area contributed by atoms with Crippen molar-refractivity contribution in [3.05, 3.63) is 42.2 Å². The maximum absolute atomic E-state index is 12.8. The maximum atomic E-state index is 12.8. The van der Waals surface area contributed by atoms with Crippen molar-refractivity contribution in [3.8, 4) is 5.75 Å². The van der Waals surface area contributed by atoms with Crippen molar-refractivity contribution in [2.45, 2.75) is 17.7 Å². The molecule has 1 aromatic heterocycles. The van der Waals surface area contributed by atoms with Crippen LogP contribution in [0, 0.1) is 0 Å². The van der Waals surface area contributed by atoms with E-state index in [0.29, 0.717) is 45.2 Å². The first kappa shape index (κ1) is 22.9. The first-order chi connectivity index (χ1) is 15.9. The number of amides is 2. The quantitative estimate of drug-likeness (QED) is 0.596. The fourth-order valence-electron chi connectivity index (χ4n) is 3.91. The number of primary amides is 1. The summed E-state index contributed by atoms with van der Waals surface area (Å²) in [6.45, 7) is 2.75. The van der Waals surface area contributed by atoms with Gasteiger partial charge in [0.25, 0.3) is 11.8 Å². The molecule has 3 heterocycles. The number of nitrogens with two attached hydrogens (primary N) is 1. The number of rotatable bonds is 7. The van der Waals surface area contributed by atoms with Gasteiger partial charge in [-0.25, -0.2) is 18.4 Å². The van der Waals surface area contributed by atoms with Gasteiger partial charge in [0.1, 0.15) is 5.75 Å². The lowest BCUT2D eigenvalue weighted by molar-refractivity contribution is -0.133. The average molecular weight is 475 g/mol. The fourth-order valence-corrected chi connectivity index (χ4v) is 5.45. The van der Waals surface area contributed by atoms with Crippen molar-refractivity contribution in [2.75, 3.05) is 50.8 Å². The normalized spacial score (nSPS) is 17.2. The number of ether oxygens (including phenoxy) is 1. The van der Waals surface area contributed by atoms with Gasteiger partial charge in [-0.15, -0.1) is 0 Å². The van der Waals surface area contributed by atoms with E-state index in [-0.39, 0.29) is 28.7 Å². The summed E-state index contributed by atoms with van der Waals surface area (Å²) < 4.78 is 32.5. The van der Waals surface area contributed by atoms with Crippen LogP contribution in [-0.2, 0) is 14.8 Å². The largest absolute Gasteiger partial charge is 0.483 e. The molecule has 0 saturated carbocycles. The van der Waals surface area contributed by atoms with Crippen LogP contribution in [-0.4, -0.2) is 85.3 Å². The highest BCUT2D eigenvalue weighted by atomic mass is 32.2. The van der Waals surface area contributed by atoms with E-state index in [1.807, 2.05) is 4.90 Å². The second-order valence-electron chi connectivity index (χ2n) is 7.84. The molecule has 2 saturated heterocycles. The highest BCUT2D eigenvalue weighted by molar-refractivity contribution is 7.89. The molecule has 0 spiro atoms. The van der Waals surface area contributed by atoms with Crippen LogP contribution in [0.4, 0.5) is 5.95 Å². The van der Waals surface area contributed by atoms with Gasteiger partial charge in [0.05, 0.1) is 10.5 Å². The number of aromatic nitrogens is 2. The summed E-state index contributed by atoms with van der Waals surface area (Å²) in [5.41, 5.74) is 5.38. The standard InChI is InChI=1S/C21H26N6O5S/c22-20(29)17-14-16(33(30,31)27-8-1-2-9-27)4-5-18(17)32-15-19(28)25-10-12-26(13-11-25)21-23-6-3-7-24-21/h3-7,14H,1-2,8-13,15H2,(H2,22,29). The van der Waals surface area contributed by atoms with Gasteiger partial charge < -0.3 is 20.3 Å². The summed E-state index contributed by atoms with van der Waals surface area (Å²) in [4.78, 5) is 36.7. The van der Waals surface area contributed by atoms with E-state index in [0.717, 1.165) is 12.8 Å². The minimum absolute atomic E-state index is 0.0175. The first-order valence-corrected chi connectivity index (χ1v) is 12.2. The van der Waals surface area contributed by atoms with Crippen molar-refractivity contribution >= 4 is 27.8 Å². The zero-order chi connectivity index (χ0) is 23.4. The third kappa shape index (κ3) is 5.06. The summed E-state index contributed by atoms with van der Waals surface area (Å²) in [6.07, 6.45) is 4.95. The smallest absolute Gasteiger partial charge is 0.260 e. The second-order valence-corrected chi connectivity index (χ2v) is 9.78. The van der Waals surface area contributed by atoms with E-state index < -0.39 is 15.9 Å². The summed E-state index contributed by atoms with van der Waals surface area (Å²) in [7, 11) is -3.71. The molecule has 0 radical (unpaired) electrons. The van der Waals surface area contributed by atoms with Gasteiger partial charge in [-0.1, -0.05) is 0 Å². The Morgan fingerprint density at radius 2 is 1.67 bits per heavy atom. The highest BCUT2D eigenvalue weighted by Gasteiger charge is 2.29. The molecule has 12 heteroatoms. The Morgan fingerprint density at radius 3 is 2.30 bits per heavy atom. The zero-order valence-electron chi connectivity index (χ0n) is 18.1. The zero-order valence-corrected chi connectivity index (χ0v) is 18.9. The van der Waals surface area contributed by atoms with Crippen molar-refractivity contribution in [1.82, 2.24) is 19.2 Å². The van der Waals surface area contributed by atoms with Crippen LogP contribution in [0.3, 0.4) is 0 Å². The predicted octanol–water partition coefficient (Wildman–Crippen LogP) is 0.0876. The van der Waals surface area contributed by atoms with Crippen LogP contribution < -0.4 is 15.4 Å². The molecule has 2 aliphatic rings. The van der Waals surface area contributed by atoms with E-state index in [2.05, 4.69) is 9.97 Å². The monoisotopic (exact) mass is 474 g/mol. The van der Waals surface area contributed by atoms with E-state index in [1.165, 1.54) is 22.5 Å². The van der Waals surface area contributed by atoms with E-state index in [9.17, 15) is 18.0 Å². The number of carbonyl (C=O) groups excluding carboxylic acids is 2. The third-order valence-corrected chi connectivity index (χ3v) is 7.63. The molecule has 0 unspecified atom stereocenters. The van der Waals surface area contributed by atoms with E-state index >= 15 is 0 Å². The van der Waals surface area contributed by atoms with Gasteiger partial charge in [-0.3, -0.25) is 9.59 Å². The molecule has 2 amide bonds. The van der Waals surface area contributed by atoms with Crippen LogP contribution in [0.25, 0.3) is 0 Å². The minimum atomic E-state index is -3.71. The van der Waals surface area contributed by atoms with Crippen LogP contribution in [0.5, 0.6) is 5.75 Å². The van der Waals surface area contributed by atoms with Crippen molar-refractivity contribution in [3.63, 3.8) is 0 Å². The number of benzene rings is 1. The van der Waals surface area contributed by atoms with Gasteiger partial charge >= 0.3 is 0 Å². The summed E-state index contributed by atoms with van der Waals surface area (Å²) in [5.74, 6) is -0.372. The summed E-state index contributed by atoms with van der Waals surface area (Å²) >= 11 is 0. The van der Waals surface area contributed by atoms with Crippen LogP contribution in [0.2, 0.25) is 0 Å². The van der Waals surface area contributed by atoms with Crippen LogP contribution >= 0.6 is 0 Å². The third-order valence-electron chi connectivity index (χ3n) is 5.74. The second kappa shape index (κ2) is 9.71. The fraction of sp³-hybridized carbons (Fsp3) is 0.429. The molecule has 176 valence electrons. The molecule has 2 aliphatic heterocycles. The SMILES string of the molecule is NC(=O)c1cc(S(=O)(=O)N2CCCC2)ccc1OCC(=O)N1CCN(c2ncccn2)CC1. The lowest BCUT2D eigenvalue weighted by Gasteiger charge is -2.34. The molecule has 4 rings (SSSR count). The molecule has 0 atom stereocenters. The van der Waals surface area contributed by atoms with Crippen molar-refractivity contribution < 1.29 is 22.7 Å². The number of hydrogen-bond acceptors (Lipinski definition) is 8. The molecule has 0 aliphatic carbocycles. The first-order valence-electron chi connectivity index (χ1n) is 10.7. The number of hydrogen-bond donors (Lipinski definition) is 1. The van der Waals surface area contributed by atoms with Gasteiger partial charge in [0.2, 0.25) is 16.0 Å². The average Bonchev–Trinajstić information content (AvgIpc) is 3.39. The molecule has 0 bridgehead atoms. The van der Waals surface area contributed by atoms with Crippen LogP contribution in [0.1, 0.15) is 23.2 Å². The molecule has 2 aromatic rings. The Bertz CT molecular complexity index is 1110. The van der Waals surface area contributed by atoms with Crippen molar-refractivity contribution in [2.24, 2.45) is 5.73 Å². The Morgan fingerprint density at radius 1 is 1.00 bits per heavy atom. The summed E-state index contributed by atoms with van der Waals surface area (Å²) in [5, 5.41) is 0. The summed E-state index contributed by atoms with van der Waals surface area (Å²) in [6, 6.07) is 5.71. The van der Waals surface area contributed by atoms with E-state index in [4.69, 9.17) is 10.5 Å². The number of sulfonamides is 1. The van der Waals surface area contributed by atoms with Gasteiger partial charge in [-0.05, 0) is 37.1 Å². The highest BCUT2D eigenvalue weighted by Crippen LogP contribution is 2.26. The van der Waals surface area contributed by atoms with Gasteiger partial charge in [-0.2, -0.15) is 4.31 Å². The molecule has 1 aromatic carbocycles.